The standard InChI is InChI=1S/C11H14N2O2/c1-7-3-12-10-9(8(7)2)13-11(6-15-10)4-14-5-11/h3,13H,4-6H2,1-2H3. The molecule has 1 saturated heterocycles. The molecule has 0 aliphatic carbocycles. The number of nitrogens with one attached hydrogen (secondary N) is 1. The lowest BCUT2D eigenvalue weighted by atomic mass is 9.96. The fraction of sp³-hybridized carbons (Fsp3) is 0.545. The van der Waals surface area contributed by atoms with Gasteiger partial charge < -0.3 is 14.8 Å². The van der Waals surface area contributed by atoms with E-state index in [4.69, 9.17) is 9.47 Å². The van der Waals surface area contributed by atoms with Crippen LogP contribution in [0.25, 0.3) is 0 Å². The summed E-state index contributed by atoms with van der Waals surface area (Å²) in [4.78, 5) is 4.28. The van der Waals surface area contributed by atoms with Crippen molar-refractivity contribution < 1.29 is 9.47 Å². The molecule has 0 atom stereocenters. The second-order valence-corrected chi connectivity index (χ2v) is 4.43. The van der Waals surface area contributed by atoms with Gasteiger partial charge in [-0.2, -0.15) is 0 Å². The Labute approximate surface area is 88.6 Å². The van der Waals surface area contributed by atoms with E-state index in [0.717, 1.165) is 24.8 Å². The van der Waals surface area contributed by atoms with Crippen molar-refractivity contribution in [1.82, 2.24) is 4.98 Å². The number of ether oxygens (including phenoxy) is 2. The van der Waals surface area contributed by atoms with Crippen LogP contribution in [-0.2, 0) is 4.74 Å². The Balaban J connectivity index is 2.03. The van der Waals surface area contributed by atoms with Gasteiger partial charge in [0.25, 0.3) is 0 Å². The minimum atomic E-state index is -0.00671. The summed E-state index contributed by atoms with van der Waals surface area (Å²) in [6, 6.07) is 0. The number of fused-ring (bicyclic) bond motifs is 1. The summed E-state index contributed by atoms with van der Waals surface area (Å²) in [5.74, 6) is 0.718. The molecular weight excluding hydrogens is 192 g/mol. The molecule has 2 aliphatic rings. The zero-order valence-corrected chi connectivity index (χ0v) is 8.96. The number of nitrogens with zero attached hydrogens (tertiary/aromatic N) is 1. The Morgan fingerprint density at radius 2 is 2.13 bits per heavy atom. The van der Waals surface area contributed by atoms with Crippen molar-refractivity contribution in [2.75, 3.05) is 25.1 Å². The first-order chi connectivity index (χ1) is 7.20. The van der Waals surface area contributed by atoms with Crippen molar-refractivity contribution in [1.29, 1.82) is 0 Å². The van der Waals surface area contributed by atoms with E-state index in [1.54, 1.807) is 0 Å². The lowest BCUT2D eigenvalue weighted by Gasteiger charge is -2.45. The number of pyridine rings is 1. The molecule has 3 rings (SSSR count). The van der Waals surface area contributed by atoms with Gasteiger partial charge in [-0.15, -0.1) is 0 Å². The van der Waals surface area contributed by atoms with Crippen LogP contribution in [0.15, 0.2) is 6.20 Å². The molecule has 1 spiro atoms. The normalized spacial score (nSPS) is 21.2. The molecule has 2 aliphatic heterocycles. The van der Waals surface area contributed by atoms with Crippen LogP contribution in [0.1, 0.15) is 11.1 Å². The Morgan fingerprint density at radius 1 is 1.33 bits per heavy atom. The van der Waals surface area contributed by atoms with Crippen LogP contribution in [-0.4, -0.2) is 30.3 Å². The smallest absolute Gasteiger partial charge is 0.237 e. The van der Waals surface area contributed by atoms with Gasteiger partial charge in [-0.3, -0.25) is 0 Å². The fourth-order valence-corrected chi connectivity index (χ4v) is 1.94. The quantitative estimate of drug-likeness (QED) is 0.694. The molecule has 4 heteroatoms. The van der Waals surface area contributed by atoms with Gasteiger partial charge in [-0.1, -0.05) is 0 Å². The van der Waals surface area contributed by atoms with Gasteiger partial charge >= 0.3 is 0 Å². The SMILES string of the molecule is Cc1cnc2c(c1C)NC1(COC1)CO2. The minimum absolute atomic E-state index is 0.00671. The predicted octanol–water partition coefficient (Wildman–Crippen LogP) is 1.27. The van der Waals surface area contributed by atoms with Gasteiger partial charge in [0.1, 0.15) is 17.8 Å². The van der Waals surface area contributed by atoms with Gasteiger partial charge in [0, 0.05) is 6.20 Å². The predicted molar refractivity (Wildman–Crippen MR) is 56.4 cm³/mol. The molecule has 3 heterocycles. The zero-order valence-electron chi connectivity index (χ0n) is 8.96. The first-order valence-electron chi connectivity index (χ1n) is 5.15. The number of rotatable bonds is 0. The second-order valence-electron chi connectivity index (χ2n) is 4.43. The minimum Gasteiger partial charge on any atom is -0.474 e. The third-order valence-electron chi connectivity index (χ3n) is 3.19. The molecule has 80 valence electrons. The summed E-state index contributed by atoms with van der Waals surface area (Å²) in [6.07, 6.45) is 1.85. The Bertz CT molecular complexity index is 413. The van der Waals surface area contributed by atoms with Gasteiger partial charge in [-0.05, 0) is 25.0 Å². The van der Waals surface area contributed by atoms with Crippen molar-refractivity contribution in [3.8, 4) is 5.88 Å². The van der Waals surface area contributed by atoms with Gasteiger partial charge in [0.05, 0.1) is 13.2 Å². The summed E-state index contributed by atoms with van der Waals surface area (Å²) < 4.78 is 10.9. The second kappa shape index (κ2) is 2.85. The van der Waals surface area contributed by atoms with Crippen LogP contribution < -0.4 is 10.1 Å². The van der Waals surface area contributed by atoms with Crippen LogP contribution >= 0.6 is 0 Å². The maximum absolute atomic E-state index is 5.66. The first kappa shape index (κ1) is 8.97. The monoisotopic (exact) mass is 206 g/mol. The molecule has 0 aromatic carbocycles. The fourth-order valence-electron chi connectivity index (χ4n) is 1.94. The van der Waals surface area contributed by atoms with E-state index >= 15 is 0 Å². The zero-order chi connectivity index (χ0) is 10.5. The third kappa shape index (κ3) is 1.21. The van der Waals surface area contributed by atoms with Crippen LogP contribution in [0.2, 0.25) is 0 Å². The van der Waals surface area contributed by atoms with Crippen molar-refractivity contribution in [2.45, 2.75) is 19.4 Å². The Hall–Kier alpha value is -1.29. The number of aryl methyl sites for hydroxylation is 1. The first-order valence-corrected chi connectivity index (χ1v) is 5.15. The van der Waals surface area contributed by atoms with Crippen molar-refractivity contribution in [3.63, 3.8) is 0 Å². The molecule has 1 aromatic heterocycles. The number of anilines is 1. The van der Waals surface area contributed by atoms with Crippen LogP contribution in [0.5, 0.6) is 5.88 Å². The lowest BCUT2D eigenvalue weighted by molar-refractivity contribution is -0.0652. The summed E-state index contributed by atoms with van der Waals surface area (Å²) in [7, 11) is 0. The molecule has 1 fully saturated rings. The van der Waals surface area contributed by atoms with E-state index in [1.807, 2.05) is 6.20 Å². The third-order valence-corrected chi connectivity index (χ3v) is 3.19. The van der Waals surface area contributed by atoms with Crippen LogP contribution in [0.4, 0.5) is 5.69 Å². The highest BCUT2D eigenvalue weighted by molar-refractivity contribution is 5.63. The van der Waals surface area contributed by atoms with Gasteiger partial charge in [0.2, 0.25) is 5.88 Å². The highest BCUT2D eigenvalue weighted by Crippen LogP contribution is 2.37. The molecule has 0 unspecified atom stereocenters. The Morgan fingerprint density at radius 3 is 2.80 bits per heavy atom. The number of aromatic nitrogens is 1. The van der Waals surface area contributed by atoms with Crippen molar-refractivity contribution in [3.05, 3.63) is 17.3 Å². The molecular formula is C11H14N2O2. The number of hydrogen-bond acceptors (Lipinski definition) is 4. The highest BCUT2D eigenvalue weighted by atomic mass is 16.5. The average molecular weight is 206 g/mol. The molecule has 1 N–H and O–H groups in total. The van der Waals surface area contributed by atoms with Crippen molar-refractivity contribution >= 4 is 5.69 Å². The van der Waals surface area contributed by atoms with E-state index in [-0.39, 0.29) is 5.54 Å². The highest BCUT2D eigenvalue weighted by Gasteiger charge is 2.43. The molecule has 0 amide bonds. The molecule has 1 aromatic rings. The largest absolute Gasteiger partial charge is 0.474 e. The van der Waals surface area contributed by atoms with Gasteiger partial charge in [-0.25, -0.2) is 4.98 Å². The summed E-state index contributed by atoms with van der Waals surface area (Å²) in [5.41, 5.74) is 3.42. The molecule has 15 heavy (non-hydrogen) atoms. The number of hydrogen-bond donors (Lipinski definition) is 1. The summed E-state index contributed by atoms with van der Waals surface area (Å²) >= 11 is 0. The van der Waals surface area contributed by atoms with Gasteiger partial charge in [0.15, 0.2) is 0 Å². The molecule has 4 nitrogen and oxygen atoms in total. The maximum atomic E-state index is 5.66. The summed E-state index contributed by atoms with van der Waals surface area (Å²) in [6.45, 7) is 6.24. The molecule has 0 radical (unpaired) electrons. The van der Waals surface area contributed by atoms with Crippen LogP contribution in [0.3, 0.4) is 0 Å². The molecule has 0 saturated carbocycles. The van der Waals surface area contributed by atoms with E-state index in [9.17, 15) is 0 Å². The van der Waals surface area contributed by atoms with E-state index in [0.29, 0.717) is 6.61 Å². The van der Waals surface area contributed by atoms with E-state index in [1.165, 1.54) is 11.1 Å². The average Bonchev–Trinajstić information content (AvgIpc) is 2.21. The Kier molecular flexibility index (Phi) is 1.71. The van der Waals surface area contributed by atoms with E-state index in [2.05, 4.69) is 24.1 Å². The topological polar surface area (TPSA) is 43.4 Å². The van der Waals surface area contributed by atoms with Crippen molar-refractivity contribution in [2.24, 2.45) is 0 Å². The maximum Gasteiger partial charge on any atom is 0.237 e. The van der Waals surface area contributed by atoms with E-state index < -0.39 is 0 Å². The summed E-state index contributed by atoms with van der Waals surface area (Å²) in [5, 5.41) is 3.51. The van der Waals surface area contributed by atoms with Crippen LogP contribution in [0, 0.1) is 13.8 Å². The lowest BCUT2D eigenvalue weighted by Crippen LogP contribution is -2.61. The molecule has 0 bridgehead atoms.